The molecule has 4 atom stereocenters. The van der Waals surface area contributed by atoms with E-state index in [1.165, 1.54) is 0 Å². The van der Waals surface area contributed by atoms with Crippen molar-refractivity contribution in [1.82, 2.24) is 0 Å². The van der Waals surface area contributed by atoms with Gasteiger partial charge in [-0.1, -0.05) is 24.3 Å². The summed E-state index contributed by atoms with van der Waals surface area (Å²) in [5, 5.41) is 0. The van der Waals surface area contributed by atoms with Crippen LogP contribution in [0.1, 0.15) is 24.9 Å². The van der Waals surface area contributed by atoms with Crippen LogP contribution in [0.2, 0.25) is 0 Å². The summed E-state index contributed by atoms with van der Waals surface area (Å²) in [6.45, 7) is 2.71. The van der Waals surface area contributed by atoms with Crippen molar-refractivity contribution in [2.24, 2.45) is 11.7 Å². The number of benzene rings is 1. The van der Waals surface area contributed by atoms with Gasteiger partial charge in [0.15, 0.2) is 0 Å². The molecule has 2 bridgehead atoms. The molecular weight excluding hydrogens is 226 g/mol. The molecule has 0 aromatic heterocycles. The SMILES string of the molecule is CC(N)c1ccc(OCC2CC3C=CC2O3)cc1. The predicted molar refractivity (Wildman–Crippen MR) is 70.4 cm³/mol. The van der Waals surface area contributed by atoms with Crippen LogP contribution >= 0.6 is 0 Å². The number of hydrogen-bond acceptors (Lipinski definition) is 3. The molecule has 3 heteroatoms. The first-order chi connectivity index (χ1) is 8.72. The molecule has 0 aliphatic carbocycles. The molecule has 0 radical (unpaired) electrons. The second-order valence-electron chi connectivity index (χ2n) is 5.19. The summed E-state index contributed by atoms with van der Waals surface area (Å²) in [6.07, 6.45) is 5.97. The van der Waals surface area contributed by atoms with E-state index in [1.807, 2.05) is 31.2 Å². The molecule has 2 N–H and O–H groups in total. The summed E-state index contributed by atoms with van der Waals surface area (Å²) in [5.41, 5.74) is 6.95. The second-order valence-corrected chi connectivity index (χ2v) is 5.19. The molecule has 3 nitrogen and oxygen atoms in total. The molecule has 2 heterocycles. The van der Waals surface area contributed by atoms with Gasteiger partial charge in [-0.05, 0) is 31.0 Å². The van der Waals surface area contributed by atoms with Crippen molar-refractivity contribution in [3.8, 4) is 5.75 Å². The Morgan fingerprint density at radius 2 is 2.11 bits per heavy atom. The van der Waals surface area contributed by atoms with Crippen LogP contribution in [0.4, 0.5) is 0 Å². The molecule has 3 rings (SSSR count). The molecule has 2 aliphatic rings. The van der Waals surface area contributed by atoms with E-state index in [-0.39, 0.29) is 12.1 Å². The zero-order valence-corrected chi connectivity index (χ0v) is 10.6. The molecule has 2 aliphatic heterocycles. The summed E-state index contributed by atoms with van der Waals surface area (Å²) in [6, 6.07) is 8.10. The first kappa shape index (κ1) is 11.8. The van der Waals surface area contributed by atoms with Gasteiger partial charge in [0.2, 0.25) is 0 Å². The Kier molecular flexibility index (Phi) is 3.10. The van der Waals surface area contributed by atoms with Crippen molar-refractivity contribution < 1.29 is 9.47 Å². The van der Waals surface area contributed by atoms with E-state index in [9.17, 15) is 0 Å². The minimum Gasteiger partial charge on any atom is -0.493 e. The Bertz CT molecular complexity index is 438. The van der Waals surface area contributed by atoms with Crippen molar-refractivity contribution in [3.63, 3.8) is 0 Å². The fraction of sp³-hybridized carbons (Fsp3) is 0.467. The summed E-state index contributed by atoms with van der Waals surface area (Å²) < 4.78 is 11.5. The van der Waals surface area contributed by atoms with Gasteiger partial charge >= 0.3 is 0 Å². The average molecular weight is 245 g/mol. The maximum atomic E-state index is 5.82. The largest absolute Gasteiger partial charge is 0.493 e. The molecule has 0 amide bonds. The second kappa shape index (κ2) is 4.75. The highest BCUT2D eigenvalue weighted by molar-refractivity contribution is 5.28. The van der Waals surface area contributed by atoms with E-state index in [0.717, 1.165) is 24.3 Å². The first-order valence-corrected chi connectivity index (χ1v) is 6.54. The normalized spacial score (nSPS) is 30.7. The zero-order valence-electron chi connectivity index (χ0n) is 10.6. The fourth-order valence-corrected chi connectivity index (χ4v) is 2.59. The van der Waals surface area contributed by atoms with E-state index >= 15 is 0 Å². The van der Waals surface area contributed by atoms with Crippen molar-refractivity contribution in [2.45, 2.75) is 31.6 Å². The number of fused-ring (bicyclic) bond motifs is 2. The van der Waals surface area contributed by atoms with Crippen molar-refractivity contribution in [3.05, 3.63) is 42.0 Å². The van der Waals surface area contributed by atoms with Gasteiger partial charge < -0.3 is 15.2 Å². The summed E-state index contributed by atoms with van der Waals surface area (Å²) in [7, 11) is 0. The molecule has 1 saturated heterocycles. The van der Waals surface area contributed by atoms with E-state index in [1.54, 1.807) is 0 Å². The Hall–Kier alpha value is -1.32. The van der Waals surface area contributed by atoms with Crippen molar-refractivity contribution in [2.75, 3.05) is 6.61 Å². The summed E-state index contributed by atoms with van der Waals surface area (Å²) in [4.78, 5) is 0. The third-order valence-electron chi connectivity index (χ3n) is 3.72. The molecule has 4 unspecified atom stereocenters. The molecule has 1 aromatic carbocycles. The predicted octanol–water partition coefficient (Wildman–Crippen LogP) is 2.43. The molecule has 0 saturated carbocycles. The lowest BCUT2D eigenvalue weighted by Gasteiger charge is -2.16. The molecule has 1 fully saturated rings. The van der Waals surface area contributed by atoms with Gasteiger partial charge in [-0.3, -0.25) is 0 Å². The lowest BCUT2D eigenvalue weighted by Crippen LogP contribution is -2.20. The smallest absolute Gasteiger partial charge is 0.119 e. The Balaban J connectivity index is 1.55. The van der Waals surface area contributed by atoms with Crippen LogP contribution in [0.5, 0.6) is 5.75 Å². The van der Waals surface area contributed by atoms with Crippen molar-refractivity contribution in [1.29, 1.82) is 0 Å². The molecule has 0 spiro atoms. The van der Waals surface area contributed by atoms with Crippen LogP contribution in [0, 0.1) is 5.92 Å². The molecular formula is C15H19NO2. The van der Waals surface area contributed by atoms with Crippen LogP contribution in [-0.2, 0) is 4.74 Å². The van der Waals surface area contributed by atoms with Gasteiger partial charge in [0.25, 0.3) is 0 Å². The lowest BCUT2D eigenvalue weighted by atomic mass is 9.95. The molecule has 18 heavy (non-hydrogen) atoms. The Labute approximate surface area is 108 Å². The van der Waals surface area contributed by atoms with E-state index in [4.69, 9.17) is 15.2 Å². The van der Waals surface area contributed by atoms with E-state index < -0.39 is 0 Å². The highest BCUT2D eigenvalue weighted by Crippen LogP contribution is 2.33. The summed E-state index contributed by atoms with van der Waals surface area (Å²) >= 11 is 0. The highest BCUT2D eigenvalue weighted by atomic mass is 16.5. The minimum atomic E-state index is 0.0724. The molecule has 1 aromatic rings. The zero-order chi connectivity index (χ0) is 12.5. The van der Waals surface area contributed by atoms with Gasteiger partial charge in [-0.15, -0.1) is 0 Å². The topological polar surface area (TPSA) is 44.5 Å². The van der Waals surface area contributed by atoms with Crippen molar-refractivity contribution >= 4 is 0 Å². The third kappa shape index (κ3) is 2.28. The fourth-order valence-electron chi connectivity index (χ4n) is 2.59. The highest BCUT2D eigenvalue weighted by Gasteiger charge is 2.36. The Morgan fingerprint density at radius 1 is 1.33 bits per heavy atom. The van der Waals surface area contributed by atoms with Crippen LogP contribution in [0.3, 0.4) is 0 Å². The van der Waals surface area contributed by atoms with Gasteiger partial charge in [0.05, 0.1) is 18.8 Å². The number of nitrogens with two attached hydrogens (primary N) is 1. The molecule has 96 valence electrons. The monoisotopic (exact) mass is 245 g/mol. The van der Waals surface area contributed by atoms with Gasteiger partial charge in [-0.25, -0.2) is 0 Å². The van der Waals surface area contributed by atoms with Crippen LogP contribution in [-0.4, -0.2) is 18.8 Å². The van der Waals surface area contributed by atoms with Crippen LogP contribution in [0.25, 0.3) is 0 Å². The number of rotatable bonds is 4. The third-order valence-corrected chi connectivity index (χ3v) is 3.72. The standard InChI is InChI=1S/C15H19NO2/c1-10(16)11-2-4-13(5-3-11)17-9-12-8-14-6-7-15(12)18-14/h2-7,10,12,14-15H,8-9,16H2,1H3. The van der Waals surface area contributed by atoms with E-state index in [0.29, 0.717) is 12.0 Å². The van der Waals surface area contributed by atoms with Crippen LogP contribution < -0.4 is 10.5 Å². The average Bonchev–Trinajstić information content (AvgIpc) is 2.99. The minimum absolute atomic E-state index is 0.0724. The number of hydrogen-bond donors (Lipinski definition) is 1. The number of ether oxygens (including phenoxy) is 2. The van der Waals surface area contributed by atoms with Gasteiger partial charge in [-0.2, -0.15) is 0 Å². The maximum Gasteiger partial charge on any atom is 0.119 e. The first-order valence-electron chi connectivity index (χ1n) is 6.54. The Morgan fingerprint density at radius 3 is 2.67 bits per heavy atom. The van der Waals surface area contributed by atoms with Gasteiger partial charge in [0.1, 0.15) is 5.75 Å². The maximum absolute atomic E-state index is 5.82. The summed E-state index contributed by atoms with van der Waals surface area (Å²) in [5.74, 6) is 1.40. The van der Waals surface area contributed by atoms with Gasteiger partial charge in [0, 0.05) is 12.0 Å². The van der Waals surface area contributed by atoms with E-state index in [2.05, 4.69) is 12.2 Å². The van der Waals surface area contributed by atoms with Crippen LogP contribution in [0.15, 0.2) is 36.4 Å². The quantitative estimate of drug-likeness (QED) is 0.829. The lowest BCUT2D eigenvalue weighted by molar-refractivity contribution is 0.0981.